The Morgan fingerprint density at radius 3 is 2.38 bits per heavy atom. The lowest BCUT2D eigenvalue weighted by atomic mass is 10.2. The Kier molecular flexibility index (Phi) is 5.35. The first kappa shape index (κ1) is 16.8. The molecule has 0 bridgehead atoms. The van der Waals surface area contributed by atoms with Gasteiger partial charge in [-0.2, -0.15) is 0 Å². The lowest BCUT2D eigenvalue weighted by Crippen LogP contribution is -2.53. The minimum Gasteiger partial charge on any atom is -0.368 e. The van der Waals surface area contributed by atoms with Crippen molar-refractivity contribution in [3.8, 4) is 0 Å². The molecular weight excluding hydrogens is 304 g/mol. The highest BCUT2D eigenvalue weighted by molar-refractivity contribution is 5.78. The largest absolute Gasteiger partial charge is 0.368 e. The van der Waals surface area contributed by atoms with E-state index in [1.54, 1.807) is 4.90 Å². The van der Waals surface area contributed by atoms with Gasteiger partial charge in [-0.25, -0.2) is 0 Å². The smallest absolute Gasteiger partial charge is 0.236 e. The highest BCUT2D eigenvalue weighted by Crippen LogP contribution is 2.18. The molecule has 6 nitrogen and oxygen atoms in total. The summed E-state index contributed by atoms with van der Waals surface area (Å²) in [5.41, 5.74) is 2.51. The van der Waals surface area contributed by atoms with Crippen LogP contribution >= 0.6 is 0 Å². The van der Waals surface area contributed by atoms with E-state index in [0.717, 1.165) is 58.8 Å². The fourth-order valence-electron chi connectivity index (χ4n) is 3.36. The van der Waals surface area contributed by atoms with Gasteiger partial charge in [0.1, 0.15) is 0 Å². The van der Waals surface area contributed by atoms with Crippen molar-refractivity contribution in [3.63, 3.8) is 0 Å². The van der Waals surface area contributed by atoms with Crippen LogP contribution in [0.4, 0.5) is 5.69 Å². The molecule has 2 aliphatic rings. The Morgan fingerprint density at radius 1 is 1.04 bits per heavy atom. The first-order valence-electron chi connectivity index (χ1n) is 8.67. The third-order valence-corrected chi connectivity index (χ3v) is 4.91. The number of nitrogens with zero attached hydrogens (tertiary/aromatic N) is 4. The highest BCUT2D eigenvalue weighted by Gasteiger charge is 2.24. The maximum absolute atomic E-state index is 12.5. The molecule has 24 heavy (non-hydrogen) atoms. The Bertz CT molecular complexity index is 576. The summed E-state index contributed by atoms with van der Waals surface area (Å²) >= 11 is 0. The van der Waals surface area contributed by atoms with Crippen LogP contribution in [-0.4, -0.2) is 85.9 Å². The molecule has 3 rings (SSSR count). The molecule has 0 radical (unpaired) electrons. The molecule has 130 valence electrons. The second-order valence-electron chi connectivity index (χ2n) is 6.62. The van der Waals surface area contributed by atoms with Crippen molar-refractivity contribution >= 4 is 18.0 Å². The minimum absolute atomic E-state index is 0.207. The standard InChI is InChI=1S/C18H26N4O2/c1-16-3-2-4-17(13-16)21-9-11-22(12-10-21)18(24)14-19-5-7-20(15-23)8-6-19/h2-4,13,15H,5-12,14H2,1H3. The Morgan fingerprint density at radius 2 is 1.75 bits per heavy atom. The number of anilines is 1. The lowest BCUT2D eigenvalue weighted by molar-refractivity contribution is -0.133. The number of benzene rings is 1. The van der Waals surface area contributed by atoms with E-state index in [4.69, 9.17) is 0 Å². The van der Waals surface area contributed by atoms with Crippen molar-refractivity contribution in [2.24, 2.45) is 0 Å². The molecule has 2 heterocycles. The number of amides is 2. The first-order chi connectivity index (χ1) is 11.7. The normalized spacial score (nSPS) is 19.5. The summed E-state index contributed by atoms with van der Waals surface area (Å²) in [4.78, 5) is 31.5. The van der Waals surface area contributed by atoms with Crippen LogP contribution in [0.15, 0.2) is 24.3 Å². The summed E-state index contributed by atoms with van der Waals surface area (Å²) in [6, 6.07) is 8.52. The summed E-state index contributed by atoms with van der Waals surface area (Å²) < 4.78 is 0. The fourth-order valence-corrected chi connectivity index (χ4v) is 3.36. The molecule has 0 spiro atoms. The SMILES string of the molecule is Cc1cccc(N2CCN(C(=O)CN3CCN(C=O)CC3)CC2)c1. The highest BCUT2D eigenvalue weighted by atomic mass is 16.2. The summed E-state index contributed by atoms with van der Waals surface area (Å²) in [6.45, 7) is 8.91. The number of carbonyl (C=O) groups is 2. The van der Waals surface area contributed by atoms with E-state index < -0.39 is 0 Å². The van der Waals surface area contributed by atoms with Crippen LogP contribution in [-0.2, 0) is 9.59 Å². The van der Waals surface area contributed by atoms with E-state index in [0.29, 0.717) is 6.54 Å². The van der Waals surface area contributed by atoms with Crippen LogP contribution in [0.2, 0.25) is 0 Å². The molecule has 1 aromatic carbocycles. The van der Waals surface area contributed by atoms with Crippen molar-refractivity contribution in [3.05, 3.63) is 29.8 Å². The summed E-state index contributed by atoms with van der Waals surface area (Å²) in [5.74, 6) is 0.207. The average Bonchev–Trinajstić information content (AvgIpc) is 2.62. The Balaban J connectivity index is 1.46. The van der Waals surface area contributed by atoms with Gasteiger partial charge in [0.15, 0.2) is 0 Å². The maximum Gasteiger partial charge on any atom is 0.236 e. The van der Waals surface area contributed by atoms with Gasteiger partial charge in [0, 0.05) is 58.0 Å². The second kappa shape index (κ2) is 7.66. The van der Waals surface area contributed by atoms with E-state index in [9.17, 15) is 9.59 Å². The van der Waals surface area contributed by atoms with Gasteiger partial charge >= 0.3 is 0 Å². The predicted molar refractivity (Wildman–Crippen MR) is 94.0 cm³/mol. The van der Waals surface area contributed by atoms with Crippen molar-refractivity contribution in [1.29, 1.82) is 0 Å². The molecule has 0 aliphatic carbocycles. The Hall–Kier alpha value is -2.08. The van der Waals surface area contributed by atoms with Crippen molar-refractivity contribution < 1.29 is 9.59 Å². The molecule has 2 fully saturated rings. The molecule has 0 unspecified atom stereocenters. The van der Waals surface area contributed by atoms with Gasteiger partial charge in [-0.15, -0.1) is 0 Å². The van der Waals surface area contributed by atoms with Gasteiger partial charge in [-0.1, -0.05) is 12.1 Å². The number of hydrogen-bond acceptors (Lipinski definition) is 4. The van der Waals surface area contributed by atoms with Gasteiger partial charge in [-0.3, -0.25) is 14.5 Å². The number of rotatable bonds is 4. The fraction of sp³-hybridized carbons (Fsp3) is 0.556. The lowest BCUT2D eigenvalue weighted by Gasteiger charge is -2.38. The monoisotopic (exact) mass is 330 g/mol. The molecule has 2 saturated heterocycles. The van der Waals surface area contributed by atoms with Gasteiger partial charge in [0.2, 0.25) is 12.3 Å². The Labute approximate surface area is 143 Å². The molecule has 0 saturated carbocycles. The zero-order chi connectivity index (χ0) is 16.9. The molecular formula is C18H26N4O2. The van der Waals surface area contributed by atoms with E-state index >= 15 is 0 Å². The molecule has 6 heteroatoms. The van der Waals surface area contributed by atoms with Crippen LogP contribution in [0.3, 0.4) is 0 Å². The number of aryl methyl sites for hydroxylation is 1. The molecule has 2 amide bonds. The van der Waals surface area contributed by atoms with Crippen LogP contribution in [0.25, 0.3) is 0 Å². The third kappa shape index (κ3) is 4.06. The number of piperazine rings is 2. The molecule has 0 N–H and O–H groups in total. The van der Waals surface area contributed by atoms with Crippen molar-refractivity contribution in [2.45, 2.75) is 6.92 Å². The van der Waals surface area contributed by atoms with Gasteiger partial charge in [-0.05, 0) is 24.6 Å². The number of hydrogen-bond donors (Lipinski definition) is 0. The zero-order valence-electron chi connectivity index (χ0n) is 14.4. The van der Waals surface area contributed by atoms with Crippen molar-refractivity contribution in [2.75, 3.05) is 63.8 Å². The average molecular weight is 330 g/mol. The van der Waals surface area contributed by atoms with Crippen LogP contribution < -0.4 is 4.90 Å². The quantitative estimate of drug-likeness (QED) is 0.751. The van der Waals surface area contributed by atoms with E-state index in [2.05, 4.69) is 41.0 Å². The minimum atomic E-state index is 0.207. The van der Waals surface area contributed by atoms with Gasteiger partial charge in [0.05, 0.1) is 6.54 Å². The molecule has 2 aliphatic heterocycles. The van der Waals surface area contributed by atoms with Crippen molar-refractivity contribution in [1.82, 2.24) is 14.7 Å². The summed E-state index contributed by atoms with van der Waals surface area (Å²) in [6.07, 6.45) is 0.893. The first-order valence-corrected chi connectivity index (χ1v) is 8.67. The zero-order valence-corrected chi connectivity index (χ0v) is 14.4. The third-order valence-electron chi connectivity index (χ3n) is 4.91. The molecule has 1 aromatic rings. The van der Waals surface area contributed by atoms with E-state index in [-0.39, 0.29) is 5.91 Å². The van der Waals surface area contributed by atoms with Gasteiger partial charge in [0.25, 0.3) is 0 Å². The molecule has 0 atom stereocenters. The predicted octanol–water partition coefficient (Wildman–Crippen LogP) is 0.418. The second-order valence-corrected chi connectivity index (χ2v) is 6.62. The summed E-state index contributed by atoms with van der Waals surface area (Å²) in [5, 5.41) is 0. The van der Waals surface area contributed by atoms with Gasteiger partial charge < -0.3 is 14.7 Å². The van der Waals surface area contributed by atoms with Crippen LogP contribution in [0.5, 0.6) is 0 Å². The topological polar surface area (TPSA) is 47.1 Å². The molecule has 0 aromatic heterocycles. The summed E-state index contributed by atoms with van der Waals surface area (Å²) in [7, 11) is 0. The van der Waals surface area contributed by atoms with E-state index in [1.807, 2.05) is 4.90 Å². The van der Waals surface area contributed by atoms with Crippen LogP contribution in [0.1, 0.15) is 5.56 Å². The maximum atomic E-state index is 12.5. The van der Waals surface area contributed by atoms with Crippen LogP contribution in [0, 0.1) is 6.92 Å². The van der Waals surface area contributed by atoms with E-state index in [1.165, 1.54) is 11.3 Å². The number of carbonyl (C=O) groups excluding carboxylic acids is 2.